The predicted molar refractivity (Wildman–Crippen MR) is 72.2 cm³/mol. The fourth-order valence-electron chi connectivity index (χ4n) is 2.08. The zero-order valence-electron chi connectivity index (χ0n) is 10.7. The van der Waals surface area contributed by atoms with Crippen LogP contribution >= 0.6 is 0 Å². The molecule has 0 spiro atoms. The van der Waals surface area contributed by atoms with Gasteiger partial charge in [0.25, 0.3) is 0 Å². The lowest BCUT2D eigenvalue weighted by Gasteiger charge is -2.07. The van der Waals surface area contributed by atoms with Gasteiger partial charge in [0.05, 0.1) is 18.5 Å². The highest BCUT2D eigenvalue weighted by atomic mass is 16.5. The van der Waals surface area contributed by atoms with E-state index in [2.05, 4.69) is 15.0 Å². The first-order valence-corrected chi connectivity index (χ1v) is 6.12. The zero-order chi connectivity index (χ0) is 13.1. The quantitative estimate of drug-likeness (QED) is 0.714. The molecule has 3 aromatic rings. The summed E-state index contributed by atoms with van der Waals surface area (Å²) in [6.45, 7) is 0.629. The van der Waals surface area contributed by atoms with E-state index in [0.29, 0.717) is 6.61 Å². The van der Waals surface area contributed by atoms with Gasteiger partial charge in [-0.25, -0.2) is 9.97 Å². The predicted octanol–water partition coefficient (Wildman–Crippen LogP) is 2.00. The van der Waals surface area contributed by atoms with Gasteiger partial charge in [0, 0.05) is 25.9 Å². The molecule has 0 aliphatic carbocycles. The summed E-state index contributed by atoms with van der Waals surface area (Å²) in [6.07, 6.45) is 6.08. The third-order valence-electron chi connectivity index (χ3n) is 2.92. The fraction of sp³-hybridized carbons (Fsp3) is 0.214. The molecule has 3 aromatic heterocycles. The molecule has 0 unspecified atom stereocenters. The maximum absolute atomic E-state index is 5.14. The van der Waals surface area contributed by atoms with Gasteiger partial charge in [-0.2, -0.15) is 0 Å². The Morgan fingerprint density at radius 2 is 2.11 bits per heavy atom. The lowest BCUT2D eigenvalue weighted by molar-refractivity contribution is 0.200. The maximum Gasteiger partial charge on any atom is 0.164 e. The van der Waals surface area contributed by atoms with Gasteiger partial charge in [0.15, 0.2) is 5.65 Å². The molecule has 0 aliphatic rings. The molecule has 3 rings (SSSR count). The van der Waals surface area contributed by atoms with Crippen LogP contribution in [0.25, 0.3) is 16.9 Å². The van der Waals surface area contributed by atoms with Crippen LogP contribution in [0.2, 0.25) is 0 Å². The molecule has 0 saturated heterocycles. The third-order valence-corrected chi connectivity index (χ3v) is 2.92. The summed E-state index contributed by atoms with van der Waals surface area (Å²) in [7, 11) is 1.69. The van der Waals surface area contributed by atoms with Crippen LogP contribution in [-0.4, -0.2) is 33.2 Å². The first kappa shape index (κ1) is 11.8. The molecule has 96 valence electrons. The van der Waals surface area contributed by atoms with Crippen LogP contribution in [0.5, 0.6) is 0 Å². The molecule has 0 N–H and O–H groups in total. The van der Waals surface area contributed by atoms with Gasteiger partial charge in [-0.15, -0.1) is 0 Å². The summed E-state index contributed by atoms with van der Waals surface area (Å²) in [5, 5.41) is 0. The summed E-state index contributed by atoms with van der Waals surface area (Å²) in [5.74, 6) is 0.934. The average molecular weight is 254 g/mol. The summed E-state index contributed by atoms with van der Waals surface area (Å²) in [5.41, 5.74) is 2.70. The van der Waals surface area contributed by atoms with Gasteiger partial charge in [0.1, 0.15) is 11.3 Å². The van der Waals surface area contributed by atoms with Crippen molar-refractivity contribution in [3.63, 3.8) is 0 Å². The van der Waals surface area contributed by atoms with Crippen molar-refractivity contribution in [2.75, 3.05) is 13.7 Å². The van der Waals surface area contributed by atoms with Crippen molar-refractivity contribution in [1.82, 2.24) is 19.5 Å². The van der Waals surface area contributed by atoms with Gasteiger partial charge < -0.3 is 4.74 Å². The Morgan fingerprint density at radius 1 is 1.21 bits per heavy atom. The number of aromatic nitrogens is 4. The molecule has 0 atom stereocenters. The van der Waals surface area contributed by atoms with Gasteiger partial charge in [0.2, 0.25) is 0 Å². The Hall–Kier alpha value is -2.27. The fourth-order valence-corrected chi connectivity index (χ4v) is 2.08. The number of hydrogen-bond donors (Lipinski definition) is 0. The second kappa shape index (κ2) is 5.16. The van der Waals surface area contributed by atoms with Crippen molar-refractivity contribution in [2.45, 2.75) is 6.42 Å². The molecule has 0 saturated carbocycles. The Kier molecular flexibility index (Phi) is 3.20. The highest BCUT2D eigenvalue weighted by Gasteiger charge is 2.12. The topological polar surface area (TPSA) is 52.8 Å². The lowest BCUT2D eigenvalue weighted by Crippen LogP contribution is -2.05. The normalized spacial score (nSPS) is 11.0. The summed E-state index contributed by atoms with van der Waals surface area (Å²) in [4.78, 5) is 13.2. The molecule has 0 bridgehead atoms. The molecule has 0 amide bonds. The number of hydrogen-bond acceptors (Lipinski definition) is 4. The minimum Gasteiger partial charge on any atom is -0.384 e. The maximum atomic E-state index is 5.14. The molecule has 0 fully saturated rings. The average Bonchev–Trinajstić information content (AvgIpc) is 2.84. The van der Waals surface area contributed by atoms with Crippen molar-refractivity contribution in [3.8, 4) is 5.69 Å². The van der Waals surface area contributed by atoms with E-state index in [-0.39, 0.29) is 0 Å². The highest BCUT2D eigenvalue weighted by Crippen LogP contribution is 2.19. The lowest BCUT2D eigenvalue weighted by atomic mass is 10.3. The van der Waals surface area contributed by atoms with Crippen LogP contribution in [0, 0.1) is 0 Å². The minimum absolute atomic E-state index is 0.629. The van der Waals surface area contributed by atoms with Crippen molar-refractivity contribution in [1.29, 1.82) is 0 Å². The van der Waals surface area contributed by atoms with Gasteiger partial charge in [-0.3, -0.25) is 9.55 Å². The second-order valence-corrected chi connectivity index (χ2v) is 4.16. The van der Waals surface area contributed by atoms with Gasteiger partial charge in [-0.05, 0) is 24.3 Å². The van der Waals surface area contributed by atoms with E-state index in [9.17, 15) is 0 Å². The first-order valence-electron chi connectivity index (χ1n) is 6.12. The molecular formula is C14H14N4O. The molecule has 0 aromatic carbocycles. The molecular weight excluding hydrogens is 240 g/mol. The van der Waals surface area contributed by atoms with E-state index in [0.717, 1.165) is 29.1 Å². The third kappa shape index (κ3) is 2.20. The number of rotatable bonds is 4. The van der Waals surface area contributed by atoms with Gasteiger partial charge >= 0.3 is 0 Å². The van der Waals surface area contributed by atoms with Crippen LogP contribution < -0.4 is 0 Å². The van der Waals surface area contributed by atoms with E-state index >= 15 is 0 Å². The first-order chi connectivity index (χ1) is 9.40. The van der Waals surface area contributed by atoms with Crippen LogP contribution in [0.15, 0.2) is 42.9 Å². The van der Waals surface area contributed by atoms with Crippen molar-refractivity contribution >= 4 is 11.2 Å². The molecule has 19 heavy (non-hydrogen) atoms. The number of fused-ring (bicyclic) bond motifs is 1. The Bertz CT molecular complexity index is 678. The Morgan fingerprint density at radius 3 is 2.89 bits per heavy atom. The number of nitrogens with zero attached hydrogens (tertiary/aromatic N) is 4. The summed E-state index contributed by atoms with van der Waals surface area (Å²) >= 11 is 0. The number of methoxy groups -OCH3 is 1. The zero-order valence-corrected chi connectivity index (χ0v) is 10.7. The number of imidazole rings is 1. The van der Waals surface area contributed by atoms with E-state index in [1.165, 1.54) is 0 Å². The number of ether oxygens (including phenoxy) is 1. The SMILES string of the molecule is COCCc1nc2cccnc2n1-c1cccnc1. The minimum atomic E-state index is 0.629. The summed E-state index contributed by atoms with van der Waals surface area (Å²) in [6, 6.07) is 7.76. The smallest absolute Gasteiger partial charge is 0.164 e. The molecule has 0 radical (unpaired) electrons. The van der Waals surface area contributed by atoms with Gasteiger partial charge in [-0.1, -0.05) is 0 Å². The van der Waals surface area contributed by atoms with Crippen LogP contribution in [0.3, 0.4) is 0 Å². The monoisotopic (exact) mass is 254 g/mol. The number of pyridine rings is 2. The second-order valence-electron chi connectivity index (χ2n) is 4.16. The van der Waals surface area contributed by atoms with Crippen LogP contribution in [0.4, 0.5) is 0 Å². The van der Waals surface area contributed by atoms with Crippen LogP contribution in [0.1, 0.15) is 5.82 Å². The largest absolute Gasteiger partial charge is 0.384 e. The Balaban J connectivity index is 2.19. The molecule has 3 heterocycles. The van der Waals surface area contributed by atoms with E-state index in [1.807, 2.05) is 35.0 Å². The highest BCUT2D eigenvalue weighted by molar-refractivity contribution is 5.73. The van der Waals surface area contributed by atoms with Crippen molar-refractivity contribution in [2.24, 2.45) is 0 Å². The standard InChI is InChI=1S/C14H14N4O/c1-19-9-6-13-17-12-5-3-8-16-14(12)18(13)11-4-2-7-15-10-11/h2-5,7-8,10H,6,9H2,1H3. The van der Waals surface area contributed by atoms with Crippen molar-refractivity contribution < 1.29 is 4.74 Å². The molecule has 5 nitrogen and oxygen atoms in total. The van der Waals surface area contributed by atoms with E-state index in [1.54, 1.807) is 19.5 Å². The van der Waals surface area contributed by atoms with E-state index in [4.69, 9.17) is 4.74 Å². The molecule has 5 heteroatoms. The van der Waals surface area contributed by atoms with Crippen molar-refractivity contribution in [3.05, 3.63) is 48.7 Å². The van der Waals surface area contributed by atoms with Crippen LogP contribution in [-0.2, 0) is 11.2 Å². The summed E-state index contributed by atoms with van der Waals surface area (Å²) < 4.78 is 7.17. The van der Waals surface area contributed by atoms with E-state index < -0.39 is 0 Å². The molecule has 0 aliphatic heterocycles. The Labute approximate surface area is 110 Å².